The summed E-state index contributed by atoms with van der Waals surface area (Å²) >= 11 is 0. The summed E-state index contributed by atoms with van der Waals surface area (Å²) < 4.78 is 46.7. The zero-order valence-corrected chi connectivity index (χ0v) is 19.5. The van der Waals surface area contributed by atoms with E-state index in [0.29, 0.717) is 40.3 Å². The third kappa shape index (κ3) is 5.93. The van der Waals surface area contributed by atoms with Crippen LogP contribution in [0.3, 0.4) is 0 Å². The minimum atomic E-state index is -2.79. The predicted octanol–water partition coefficient (Wildman–Crippen LogP) is 4.80. The molecule has 0 fully saturated rings. The van der Waals surface area contributed by atoms with E-state index in [0.717, 1.165) is 5.69 Å². The van der Waals surface area contributed by atoms with E-state index in [1.54, 1.807) is 19.1 Å². The summed E-state index contributed by atoms with van der Waals surface area (Å²) in [5.74, 6) is -0.471. The molecule has 0 saturated heterocycles. The van der Waals surface area contributed by atoms with Crippen molar-refractivity contribution in [1.29, 1.82) is 0 Å². The fourth-order valence-electron chi connectivity index (χ4n) is 3.58. The van der Waals surface area contributed by atoms with Crippen LogP contribution in [0.4, 0.5) is 19.1 Å². The Morgan fingerprint density at radius 2 is 1.69 bits per heavy atom. The minimum absolute atomic E-state index is 0.0128. The second-order valence-electron chi connectivity index (χ2n) is 7.77. The van der Waals surface area contributed by atoms with E-state index in [9.17, 15) is 13.2 Å². The van der Waals surface area contributed by atoms with E-state index in [1.807, 2.05) is 12.1 Å². The number of ether oxygens (including phenoxy) is 1. The number of nitrogen functional groups attached to an aromatic ring is 1. The second-order valence-corrected chi connectivity index (χ2v) is 7.77. The Bertz CT molecular complexity index is 1350. The van der Waals surface area contributed by atoms with Crippen molar-refractivity contribution in [1.82, 2.24) is 25.4 Å². The van der Waals surface area contributed by atoms with Gasteiger partial charge in [0.1, 0.15) is 18.1 Å². The standard InChI is InChI=1S/C25H23F3N6O2/c1-14-10-16(11-20(31-14)23(27)28)21-22(15-6-8-17(26)9-7-15)33-25(29)34-24(21)36-13-19-5-3-4-18(32-19)12-30-35-2/h3-11,23,30H,12-13H2,1-2H3,(H2,29,33,34). The molecule has 4 rings (SSSR count). The highest BCUT2D eigenvalue weighted by atomic mass is 19.3. The Morgan fingerprint density at radius 3 is 2.42 bits per heavy atom. The summed E-state index contributed by atoms with van der Waals surface area (Å²) in [6.07, 6.45) is -2.79. The Labute approximate surface area is 205 Å². The average Bonchev–Trinajstić information content (AvgIpc) is 2.86. The van der Waals surface area contributed by atoms with E-state index < -0.39 is 17.9 Å². The van der Waals surface area contributed by atoms with Gasteiger partial charge in [-0.1, -0.05) is 6.07 Å². The van der Waals surface area contributed by atoms with Gasteiger partial charge in [-0.15, -0.1) is 0 Å². The zero-order valence-electron chi connectivity index (χ0n) is 19.5. The van der Waals surface area contributed by atoms with Crippen molar-refractivity contribution in [2.24, 2.45) is 0 Å². The zero-order chi connectivity index (χ0) is 25.7. The molecule has 0 unspecified atom stereocenters. The number of benzene rings is 1. The van der Waals surface area contributed by atoms with Gasteiger partial charge in [-0.3, -0.25) is 9.97 Å². The fourth-order valence-corrected chi connectivity index (χ4v) is 3.58. The lowest BCUT2D eigenvalue weighted by Crippen LogP contribution is -2.13. The molecule has 0 aliphatic rings. The number of nitrogens with zero attached hydrogens (tertiary/aromatic N) is 4. The molecule has 186 valence electrons. The molecule has 0 aliphatic heterocycles. The molecule has 3 aromatic heterocycles. The number of alkyl halides is 2. The summed E-state index contributed by atoms with van der Waals surface area (Å²) in [4.78, 5) is 21.9. The van der Waals surface area contributed by atoms with Crippen LogP contribution in [0.2, 0.25) is 0 Å². The first-order valence-corrected chi connectivity index (χ1v) is 10.9. The molecular formula is C25H23F3N6O2. The van der Waals surface area contributed by atoms with Gasteiger partial charge >= 0.3 is 0 Å². The van der Waals surface area contributed by atoms with Gasteiger partial charge in [-0.2, -0.15) is 10.5 Å². The quantitative estimate of drug-likeness (QED) is 0.318. The topological polar surface area (TPSA) is 108 Å². The molecule has 8 nitrogen and oxygen atoms in total. The van der Waals surface area contributed by atoms with Crippen molar-refractivity contribution >= 4 is 5.95 Å². The molecule has 0 saturated carbocycles. The second kappa shape index (κ2) is 11.1. The van der Waals surface area contributed by atoms with Gasteiger partial charge < -0.3 is 15.3 Å². The third-order valence-corrected chi connectivity index (χ3v) is 5.12. The summed E-state index contributed by atoms with van der Waals surface area (Å²) in [7, 11) is 1.51. The number of hydroxylamine groups is 1. The molecule has 4 aromatic rings. The minimum Gasteiger partial charge on any atom is -0.471 e. The number of pyridine rings is 2. The van der Waals surface area contributed by atoms with Crippen LogP contribution in [0.25, 0.3) is 22.4 Å². The molecule has 0 spiro atoms. The smallest absolute Gasteiger partial charge is 0.280 e. The molecule has 0 atom stereocenters. The number of nitrogens with one attached hydrogen (secondary N) is 1. The number of rotatable bonds is 9. The Kier molecular flexibility index (Phi) is 7.71. The summed E-state index contributed by atoms with van der Waals surface area (Å²) in [5, 5.41) is 0. The lowest BCUT2D eigenvalue weighted by atomic mass is 9.99. The van der Waals surface area contributed by atoms with Gasteiger partial charge in [-0.05, 0) is 61.0 Å². The van der Waals surface area contributed by atoms with E-state index in [2.05, 4.69) is 25.4 Å². The number of halogens is 3. The Balaban J connectivity index is 1.81. The van der Waals surface area contributed by atoms with E-state index in [-0.39, 0.29) is 18.4 Å². The molecule has 11 heteroatoms. The van der Waals surface area contributed by atoms with E-state index >= 15 is 0 Å². The van der Waals surface area contributed by atoms with Crippen LogP contribution in [-0.2, 0) is 18.0 Å². The normalized spacial score (nSPS) is 11.2. The molecular weight excluding hydrogens is 473 g/mol. The molecule has 3 N–H and O–H groups in total. The maximum Gasteiger partial charge on any atom is 0.280 e. The largest absolute Gasteiger partial charge is 0.471 e. The number of hydrogen-bond acceptors (Lipinski definition) is 8. The van der Waals surface area contributed by atoms with E-state index in [4.69, 9.17) is 15.3 Å². The van der Waals surface area contributed by atoms with Gasteiger partial charge in [-0.25, -0.2) is 18.2 Å². The van der Waals surface area contributed by atoms with Crippen molar-refractivity contribution in [3.8, 4) is 28.3 Å². The molecule has 0 radical (unpaired) electrons. The van der Waals surface area contributed by atoms with Crippen LogP contribution in [0.15, 0.2) is 54.6 Å². The third-order valence-electron chi connectivity index (χ3n) is 5.12. The molecule has 0 amide bonds. The monoisotopic (exact) mass is 496 g/mol. The Morgan fingerprint density at radius 1 is 0.944 bits per heavy atom. The number of hydrogen-bond donors (Lipinski definition) is 2. The van der Waals surface area contributed by atoms with Crippen molar-refractivity contribution < 1.29 is 22.7 Å². The van der Waals surface area contributed by atoms with Crippen LogP contribution in [0.1, 0.15) is 29.2 Å². The van der Waals surface area contributed by atoms with Crippen LogP contribution in [-0.4, -0.2) is 27.0 Å². The van der Waals surface area contributed by atoms with Gasteiger partial charge in [0, 0.05) is 11.3 Å². The van der Waals surface area contributed by atoms with Crippen LogP contribution >= 0.6 is 0 Å². The fraction of sp³-hybridized carbons (Fsp3) is 0.200. The first-order valence-electron chi connectivity index (χ1n) is 10.9. The number of aromatic nitrogens is 4. The number of nitrogens with two attached hydrogens (primary N) is 1. The molecule has 3 heterocycles. The van der Waals surface area contributed by atoms with Gasteiger partial charge in [0.25, 0.3) is 6.43 Å². The summed E-state index contributed by atoms with van der Waals surface area (Å²) in [5.41, 5.74) is 11.5. The first kappa shape index (κ1) is 25.0. The maximum atomic E-state index is 13.6. The van der Waals surface area contributed by atoms with Crippen LogP contribution < -0.4 is 16.0 Å². The van der Waals surface area contributed by atoms with Crippen LogP contribution in [0.5, 0.6) is 5.88 Å². The number of aryl methyl sites for hydroxylation is 1. The van der Waals surface area contributed by atoms with Gasteiger partial charge in [0.15, 0.2) is 0 Å². The van der Waals surface area contributed by atoms with Crippen molar-refractivity contribution in [3.63, 3.8) is 0 Å². The maximum absolute atomic E-state index is 13.6. The highest BCUT2D eigenvalue weighted by Crippen LogP contribution is 2.39. The summed E-state index contributed by atoms with van der Waals surface area (Å²) in [6.45, 7) is 2.01. The van der Waals surface area contributed by atoms with Gasteiger partial charge in [0.2, 0.25) is 11.8 Å². The lowest BCUT2D eigenvalue weighted by molar-refractivity contribution is 0.0857. The summed E-state index contributed by atoms with van der Waals surface area (Å²) in [6, 6.07) is 13.8. The molecule has 1 aromatic carbocycles. The lowest BCUT2D eigenvalue weighted by Gasteiger charge is -2.16. The number of anilines is 1. The average molecular weight is 496 g/mol. The van der Waals surface area contributed by atoms with Gasteiger partial charge in [0.05, 0.1) is 36.3 Å². The van der Waals surface area contributed by atoms with E-state index in [1.165, 1.54) is 37.4 Å². The van der Waals surface area contributed by atoms with Crippen molar-refractivity contribution in [2.45, 2.75) is 26.5 Å². The molecule has 0 aliphatic carbocycles. The highest BCUT2D eigenvalue weighted by molar-refractivity contribution is 5.85. The Hall–Kier alpha value is -4.09. The molecule has 0 bridgehead atoms. The van der Waals surface area contributed by atoms with Crippen LogP contribution in [0, 0.1) is 12.7 Å². The molecule has 36 heavy (non-hydrogen) atoms. The van der Waals surface area contributed by atoms with Crippen molar-refractivity contribution in [2.75, 3.05) is 12.8 Å². The highest BCUT2D eigenvalue weighted by Gasteiger charge is 2.21. The van der Waals surface area contributed by atoms with Crippen molar-refractivity contribution in [3.05, 3.63) is 83.2 Å². The predicted molar refractivity (Wildman–Crippen MR) is 127 cm³/mol. The SMILES string of the molecule is CONCc1cccc(COc2nc(N)nc(-c3ccc(F)cc3)c2-c2cc(C)nc(C(F)F)c2)n1. The first-order chi connectivity index (χ1) is 17.3.